The molecule has 1 heterocycles. The first kappa shape index (κ1) is 12.5. The van der Waals surface area contributed by atoms with Crippen LogP contribution < -0.4 is 0 Å². The zero-order valence-electron chi connectivity index (χ0n) is 11.1. The van der Waals surface area contributed by atoms with Crippen molar-refractivity contribution in [1.29, 1.82) is 0 Å². The number of rotatable bonds is 6. The number of aromatic nitrogens is 2. The number of nitrogens with zero attached hydrogens (tertiary/aromatic N) is 3. The summed E-state index contributed by atoms with van der Waals surface area (Å²) in [5.74, 6) is 1.29. The van der Waals surface area contributed by atoms with Gasteiger partial charge in [0.1, 0.15) is 5.60 Å². The van der Waals surface area contributed by atoms with Crippen LogP contribution in [0.15, 0.2) is 4.52 Å². The summed E-state index contributed by atoms with van der Waals surface area (Å²) in [5, 5.41) is 3.99. The van der Waals surface area contributed by atoms with E-state index in [1.807, 2.05) is 13.8 Å². The van der Waals surface area contributed by atoms with Crippen molar-refractivity contribution in [3.63, 3.8) is 0 Å². The highest BCUT2D eigenvalue weighted by atomic mass is 16.5. The molecule has 0 aromatic carbocycles. The van der Waals surface area contributed by atoms with Crippen LogP contribution >= 0.6 is 0 Å². The lowest BCUT2D eigenvalue weighted by molar-refractivity contribution is 0.00973. The summed E-state index contributed by atoms with van der Waals surface area (Å²) in [5.41, 5.74) is -0.488. The first-order chi connectivity index (χ1) is 8.06. The van der Waals surface area contributed by atoms with Crippen LogP contribution in [-0.4, -0.2) is 34.7 Å². The van der Waals surface area contributed by atoms with E-state index in [0.29, 0.717) is 17.8 Å². The fraction of sp³-hybridized carbons (Fsp3) is 0.833. The Bertz CT molecular complexity index is 372. The molecule has 1 aliphatic carbocycles. The molecule has 1 saturated carbocycles. The van der Waals surface area contributed by atoms with E-state index >= 15 is 0 Å². The third-order valence-corrected chi connectivity index (χ3v) is 3.32. The summed E-state index contributed by atoms with van der Waals surface area (Å²) in [6.45, 7) is 7.79. The average Bonchev–Trinajstić information content (AvgIpc) is 3.05. The molecular weight excluding hydrogens is 218 g/mol. The Morgan fingerprint density at radius 1 is 1.47 bits per heavy atom. The van der Waals surface area contributed by atoms with Crippen molar-refractivity contribution in [2.75, 3.05) is 13.7 Å². The van der Waals surface area contributed by atoms with Crippen molar-refractivity contribution in [3.05, 3.63) is 11.7 Å². The highest BCUT2D eigenvalue weighted by Gasteiger charge is 2.30. The van der Waals surface area contributed by atoms with Crippen LogP contribution in [0.4, 0.5) is 0 Å². The SMILES string of the molecule is CCN(Cc1nc(C(C)(C)OC)no1)C1CC1. The molecule has 1 fully saturated rings. The molecule has 5 nitrogen and oxygen atoms in total. The van der Waals surface area contributed by atoms with E-state index in [-0.39, 0.29) is 0 Å². The molecule has 1 aromatic heterocycles. The molecule has 0 atom stereocenters. The molecule has 0 bridgehead atoms. The smallest absolute Gasteiger partial charge is 0.240 e. The quantitative estimate of drug-likeness (QED) is 0.759. The molecule has 0 amide bonds. The Morgan fingerprint density at radius 2 is 2.18 bits per heavy atom. The third-order valence-electron chi connectivity index (χ3n) is 3.32. The van der Waals surface area contributed by atoms with Crippen LogP contribution in [0.5, 0.6) is 0 Å². The predicted molar refractivity (Wildman–Crippen MR) is 63.4 cm³/mol. The van der Waals surface area contributed by atoms with Gasteiger partial charge >= 0.3 is 0 Å². The Kier molecular flexibility index (Phi) is 3.49. The van der Waals surface area contributed by atoms with Crippen LogP contribution in [0.2, 0.25) is 0 Å². The minimum absolute atomic E-state index is 0.488. The van der Waals surface area contributed by atoms with Gasteiger partial charge in [0.2, 0.25) is 11.7 Å². The maximum atomic E-state index is 5.33. The van der Waals surface area contributed by atoms with E-state index in [2.05, 4.69) is 22.0 Å². The summed E-state index contributed by atoms with van der Waals surface area (Å²) < 4.78 is 10.6. The molecule has 0 aliphatic heterocycles. The lowest BCUT2D eigenvalue weighted by Crippen LogP contribution is -2.25. The van der Waals surface area contributed by atoms with Crippen molar-refractivity contribution in [2.24, 2.45) is 0 Å². The fourth-order valence-electron chi connectivity index (χ4n) is 1.77. The molecule has 0 radical (unpaired) electrons. The van der Waals surface area contributed by atoms with Crippen LogP contribution in [0.3, 0.4) is 0 Å². The number of methoxy groups -OCH3 is 1. The standard InChI is InChI=1S/C12H21N3O2/c1-5-15(9-6-7-9)8-10-13-11(14-17-10)12(2,3)16-4/h9H,5-8H2,1-4H3. The first-order valence-electron chi connectivity index (χ1n) is 6.19. The Morgan fingerprint density at radius 3 is 2.71 bits per heavy atom. The first-order valence-corrected chi connectivity index (χ1v) is 6.19. The van der Waals surface area contributed by atoms with Crippen molar-refractivity contribution in [3.8, 4) is 0 Å². The molecule has 96 valence electrons. The second-order valence-electron chi connectivity index (χ2n) is 5.02. The molecular formula is C12H21N3O2. The molecule has 17 heavy (non-hydrogen) atoms. The summed E-state index contributed by atoms with van der Waals surface area (Å²) >= 11 is 0. The van der Waals surface area contributed by atoms with Crippen LogP contribution in [0.1, 0.15) is 45.3 Å². The Hall–Kier alpha value is -0.940. The molecule has 5 heteroatoms. The van der Waals surface area contributed by atoms with E-state index in [1.165, 1.54) is 12.8 Å². The molecule has 0 spiro atoms. The lowest BCUT2D eigenvalue weighted by Gasteiger charge is -2.18. The average molecular weight is 239 g/mol. The van der Waals surface area contributed by atoms with Gasteiger partial charge in [0.15, 0.2) is 0 Å². The Labute approximate surface area is 102 Å². The zero-order chi connectivity index (χ0) is 12.5. The Balaban J connectivity index is 2.02. The lowest BCUT2D eigenvalue weighted by atomic mass is 10.1. The minimum atomic E-state index is -0.488. The van der Waals surface area contributed by atoms with E-state index in [0.717, 1.165) is 13.1 Å². The maximum absolute atomic E-state index is 5.33. The van der Waals surface area contributed by atoms with Crippen LogP contribution in [0, 0.1) is 0 Å². The van der Waals surface area contributed by atoms with Gasteiger partial charge in [0.05, 0.1) is 6.54 Å². The number of ether oxygens (including phenoxy) is 1. The summed E-state index contributed by atoms with van der Waals surface area (Å²) in [6, 6.07) is 0.714. The number of hydrogen-bond donors (Lipinski definition) is 0. The van der Waals surface area contributed by atoms with Gasteiger partial charge in [-0.05, 0) is 33.2 Å². The van der Waals surface area contributed by atoms with E-state index in [9.17, 15) is 0 Å². The van der Waals surface area contributed by atoms with Gasteiger partial charge in [-0.25, -0.2) is 0 Å². The molecule has 0 saturated heterocycles. The molecule has 1 aromatic rings. The normalized spacial score (nSPS) is 16.8. The van der Waals surface area contributed by atoms with Gasteiger partial charge < -0.3 is 9.26 Å². The van der Waals surface area contributed by atoms with Crippen molar-refractivity contribution in [2.45, 2.75) is 51.8 Å². The minimum Gasteiger partial charge on any atom is -0.371 e. The fourth-order valence-corrected chi connectivity index (χ4v) is 1.77. The van der Waals surface area contributed by atoms with E-state index < -0.39 is 5.60 Å². The van der Waals surface area contributed by atoms with E-state index in [4.69, 9.17) is 9.26 Å². The summed E-state index contributed by atoms with van der Waals surface area (Å²) in [4.78, 5) is 6.78. The van der Waals surface area contributed by atoms with Crippen molar-refractivity contribution < 1.29 is 9.26 Å². The molecule has 0 unspecified atom stereocenters. The largest absolute Gasteiger partial charge is 0.371 e. The van der Waals surface area contributed by atoms with Crippen LogP contribution in [-0.2, 0) is 16.9 Å². The number of hydrogen-bond acceptors (Lipinski definition) is 5. The van der Waals surface area contributed by atoms with Crippen molar-refractivity contribution in [1.82, 2.24) is 15.0 Å². The topological polar surface area (TPSA) is 51.4 Å². The highest BCUT2D eigenvalue weighted by Crippen LogP contribution is 2.28. The highest BCUT2D eigenvalue weighted by molar-refractivity contribution is 4.98. The van der Waals surface area contributed by atoms with Gasteiger partial charge in [0, 0.05) is 13.2 Å². The third kappa shape index (κ3) is 2.84. The second-order valence-corrected chi connectivity index (χ2v) is 5.02. The van der Waals surface area contributed by atoms with Gasteiger partial charge in [-0.15, -0.1) is 0 Å². The van der Waals surface area contributed by atoms with Crippen LogP contribution in [0.25, 0.3) is 0 Å². The second kappa shape index (κ2) is 4.74. The van der Waals surface area contributed by atoms with Gasteiger partial charge in [-0.1, -0.05) is 12.1 Å². The monoisotopic (exact) mass is 239 g/mol. The predicted octanol–water partition coefficient (Wildman–Crippen LogP) is 1.94. The molecule has 0 N–H and O–H groups in total. The zero-order valence-corrected chi connectivity index (χ0v) is 11.1. The molecule has 2 rings (SSSR count). The summed E-state index contributed by atoms with van der Waals surface area (Å²) in [7, 11) is 1.65. The maximum Gasteiger partial charge on any atom is 0.240 e. The van der Waals surface area contributed by atoms with Gasteiger partial charge in [0.25, 0.3) is 0 Å². The van der Waals surface area contributed by atoms with E-state index in [1.54, 1.807) is 7.11 Å². The van der Waals surface area contributed by atoms with Gasteiger partial charge in [-0.2, -0.15) is 4.98 Å². The van der Waals surface area contributed by atoms with Crippen molar-refractivity contribution >= 4 is 0 Å². The summed E-state index contributed by atoms with van der Waals surface area (Å²) in [6.07, 6.45) is 2.58. The van der Waals surface area contributed by atoms with Gasteiger partial charge in [-0.3, -0.25) is 4.90 Å². The molecule has 1 aliphatic rings.